The molecule has 6 rings (SSSR count). The van der Waals surface area contributed by atoms with E-state index in [2.05, 4.69) is 5.32 Å². The zero-order valence-corrected chi connectivity index (χ0v) is 25.3. The molecule has 6 aromatic rings. The van der Waals surface area contributed by atoms with Crippen LogP contribution in [0.1, 0.15) is 21.7 Å². The Hall–Kier alpha value is -6.09. The van der Waals surface area contributed by atoms with Gasteiger partial charge in [0.15, 0.2) is 6.10 Å². The smallest absolute Gasteiger partial charge is 0.450 e. The highest BCUT2D eigenvalue weighted by Crippen LogP contribution is 2.38. The Morgan fingerprint density at radius 3 is 1.90 bits per heavy atom. The Labute approximate surface area is 274 Å². The number of benzene rings is 5. The minimum atomic E-state index is -4.90. The average Bonchev–Trinajstić information content (AvgIpc) is 3.57. The van der Waals surface area contributed by atoms with Crippen molar-refractivity contribution in [2.24, 2.45) is 0 Å². The number of carbonyl (C=O) groups is 2. The number of furan rings is 1. The fourth-order valence-corrected chi connectivity index (χ4v) is 5.24. The van der Waals surface area contributed by atoms with E-state index in [0.29, 0.717) is 22.4 Å². The molecule has 1 amide bonds. The van der Waals surface area contributed by atoms with E-state index in [0.717, 1.165) is 22.8 Å². The molecule has 0 bridgehead atoms. The number of ether oxygens (including phenoxy) is 1. The van der Waals surface area contributed by atoms with Crippen LogP contribution in [-0.2, 0) is 17.4 Å². The van der Waals surface area contributed by atoms with E-state index < -0.39 is 35.5 Å². The molecule has 2 N–H and O–H groups in total. The van der Waals surface area contributed by atoms with Crippen LogP contribution >= 0.6 is 0 Å². The Bertz CT molecular complexity index is 2020. The van der Waals surface area contributed by atoms with E-state index in [1.165, 1.54) is 0 Å². The second kappa shape index (κ2) is 13.7. The Morgan fingerprint density at radius 1 is 0.688 bits per heavy atom. The molecule has 5 aromatic carbocycles. The maximum Gasteiger partial charge on any atom is 0.450 e. The molecule has 48 heavy (non-hydrogen) atoms. The number of anilines is 1. The van der Waals surface area contributed by atoms with Crippen LogP contribution in [0.5, 0.6) is 5.75 Å². The molecule has 1 aromatic heterocycles. The van der Waals surface area contributed by atoms with E-state index in [1.807, 2.05) is 66.7 Å². The molecule has 1 heterocycles. The van der Waals surface area contributed by atoms with E-state index in [9.17, 15) is 27.9 Å². The average molecular weight is 648 g/mol. The van der Waals surface area contributed by atoms with Crippen molar-refractivity contribution in [3.63, 3.8) is 0 Å². The lowest BCUT2D eigenvalue weighted by molar-refractivity contribution is -0.153. The van der Waals surface area contributed by atoms with Gasteiger partial charge in [-0.25, -0.2) is 4.79 Å². The van der Waals surface area contributed by atoms with Gasteiger partial charge >= 0.3 is 12.1 Å². The molecule has 6 nitrogen and oxygen atoms in total. The van der Waals surface area contributed by atoms with Gasteiger partial charge in [0.1, 0.15) is 11.5 Å². The summed E-state index contributed by atoms with van der Waals surface area (Å²) >= 11 is 0. The van der Waals surface area contributed by atoms with Gasteiger partial charge < -0.3 is 19.6 Å². The standard InChI is InChI=1S/C39H28F3NO5/c40-39(41,42)36-33(24-34(48-36)29-16-14-27(15-17-29)26-10-5-2-6-11-26)37(44)43-31-20-18-28(19-21-31)30-12-7-13-32(23-30)47-35(38(45)46)22-25-8-3-1-4-9-25/h1-21,23-24,35H,22H2,(H,43,44)(H,45,46)/t35-/m1/s1. The largest absolute Gasteiger partial charge is 0.478 e. The first-order valence-electron chi connectivity index (χ1n) is 15.0. The quantitative estimate of drug-likeness (QED) is 0.155. The fourth-order valence-electron chi connectivity index (χ4n) is 5.24. The zero-order valence-electron chi connectivity index (χ0n) is 25.3. The monoisotopic (exact) mass is 647 g/mol. The van der Waals surface area contributed by atoms with Crippen LogP contribution in [0.25, 0.3) is 33.6 Å². The summed E-state index contributed by atoms with van der Waals surface area (Å²) < 4.78 is 52.9. The van der Waals surface area contributed by atoms with Crippen LogP contribution in [0.4, 0.5) is 18.9 Å². The number of nitrogens with one attached hydrogen (secondary N) is 1. The van der Waals surface area contributed by atoms with Crippen LogP contribution in [0.2, 0.25) is 0 Å². The second-order valence-electron chi connectivity index (χ2n) is 11.0. The van der Waals surface area contributed by atoms with Crippen LogP contribution in [0.3, 0.4) is 0 Å². The lowest BCUT2D eigenvalue weighted by Gasteiger charge is -2.16. The topological polar surface area (TPSA) is 88.8 Å². The normalized spacial score (nSPS) is 11.9. The van der Waals surface area contributed by atoms with Gasteiger partial charge in [-0.3, -0.25) is 4.79 Å². The molecule has 0 radical (unpaired) electrons. The molecule has 0 spiro atoms. The van der Waals surface area contributed by atoms with Gasteiger partial charge in [0.25, 0.3) is 5.91 Å². The molecule has 240 valence electrons. The third-order valence-electron chi connectivity index (χ3n) is 7.64. The molecule has 0 saturated heterocycles. The predicted molar refractivity (Wildman–Crippen MR) is 177 cm³/mol. The number of halogens is 3. The van der Waals surface area contributed by atoms with Crippen molar-refractivity contribution < 1.29 is 37.0 Å². The molecule has 0 unspecified atom stereocenters. The van der Waals surface area contributed by atoms with Crippen LogP contribution in [0, 0.1) is 0 Å². The first-order chi connectivity index (χ1) is 23.1. The van der Waals surface area contributed by atoms with Gasteiger partial charge in [-0.1, -0.05) is 109 Å². The lowest BCUT2D eigenvalue weighted by atomic mass is 10.0. The number of amides is 1. The first kappa shape index (κ1) is 31.9. The predicted octanol–water partition coefficient (Wildman–Crippen LogP) is 9.63. The van der Waals surface area contributed by atoms with E-state index in [-0.39, 0.29) is 17.9 Å². The van der Waals surface area contributed by atoms with Gasteiger partial charge in [0, 0.05) is 17.7 Å². The molecule has 0 aliphatic carbocycles. The fraction of sp³-hybridized carbons (Fsp3) is 0.0769. The van der Waals surface area contributed by atoms with Crippen LogP contribution < -0.4 is 10.1 Å². The third kappa shape index (κ3) is 7.47. The highest BCUT2D eigenvalue weighted by atomic mass is 19.4. The summed E-state index contributed by atoms with van der Waals surface area (Å²) in [6.45, 7) is 0. The summed E-state index contributed by atoms with van der Waals surface area (Å²) in [6, 6.07) is 40.0. The Kier molecular flexibility index (Phi) is 9.11. The number of alkyl halides is 3. The van der Waals surface area contributed by atoms with E-state index >= 15 is 0 Å². The Balaban J connectivity index is 1.17. The van der Waals surface area contributed by atoms with Crippen LogP contribution in [0.15, 0.2) is 144 Å². The summed E-state index contributed by atoms with van der Waals surface area (Å²) in [5.74, 6) is -3.18. The highest BCUT2D eigenvalue weighted by Gasteiger charge is 2.40. The zero-order chi connectivity index (χ0) is 33.7. The van der Waals surface area contributed by atoms with Crippen molar-refractivity contribution in [1.29, 1.82) is 0 Å². The highest BCUT2D eigenvalue weighted by molar-refractivity contribution is 6.06. The van der Waals surface area contributed by atoms with Gasteiger partial charge in [-0.15, -0.1) is 0 Å². The molecular weight excluding hydrogens is 619 g/mol. The van der Waals surface area contributed by atoms with E-state index in [4.69, 9.17) is 9.15 Å². The first-order valence-corrected chi connectivity index (χ1v) is 15.0. The minimum Gasteiger partial charge on any atom is -0.478 e. The molecular formula is C39H28F3NO5. The molecule has 1 atom stereocenters. The van der Waals surface area contributed by atoms with Crippen molar-refractivity contribution in [2.75, 3.05) is 5.32 Å². The summed E-state index contributed by atoms with van der Waals surface area (Å²) in [5, 5.41) is 12.2. The van der Waals surface area contributed by atoms with E-state index in [1.54, 1.807) is 66.7 Å². The lowest BCUT2D eigenvalue weighted by Crippen LogP contribution is -2.29. The van der Waals surface area contributed by atoms with Gasteiger partial charge in [0.05, 0.1) is 5.56 Å². The molecule has 0 saturated carbocycles. The number of hydrogen-bond donors (Lipinski definition) is 2. The van der Waals surface area contributed by atoms with Gasteiger partial charge in [-0.2, -0.15) is 13.2 Å². The molecule has 9 heteroatoms. The maximum absolute atomic E-state index is 14.0. The summed E-state index contributed by atoms with van der Waals surface area (Å²) in [5.41, 5.74) is 4.12. The number of hydrogen-bond acceptors (Lipinski definition) is 4. The van der Waals surface area contributed by atoms with Gasteiger partial charge in [0.2, 0.25) is 5.76 Å². The summed E-state index contributed by atoms with van der Waals surface area (Å²) in [6.07, 6.45) is -5.81. The number of carbonyl (C=O) groups excluding carboxylic acids is 1. The minimum absolute atomic E-state index is 0.0848. The van der Waals surface area contributed by atoms with Crippen molar-refractivity contribution in [3.8, 4) is 39.3 Å². The van der Waals surface area contributed by atoms with Crippen molar-refractivity contribution in [2.45, 2.75) is 18.7 Å². The number of carboxylic acids is 1. The van der Waals surface area contributed by atoms with Crippen molar-refractivity contribution in [1.82, 2.24) is 0 Å². The molecule has 0 aliphatic heterocycles. The van der Waals surface area contributed by atoms with Crippen LogP contribution in [-0.4, -0.2) is 23.1 Å². The van der Waals surface area contributed by atoms with Crippen molar-refractivity contribution >= 4 is 17.6 Å². The Morgan fingerprint density at radius 2 is 1.25 bits per heavy atom. The number of aliphatic carboxylic acids is 1. The summed E-state index contributed by atoms with van der Waals surface area (Å²) in [4.78, 5) is 25.0. The number of rotatable bonds is 10. The summed E-state index contributed by atoms with van der Waals surface area (Å²) in [7, 11) is 0. The SMILES string of the molecule is O=C(Nc1ccc(-c2cccc(O[C@H](Cc3ccccc3)C(=O)O)c2)cc1)c1cc(-c2ccc(-c3ccccc3)cc2)oc1C(F)(F)F. The molecule has 0 aliphatic rings. The van der Waals surface area contributed by atoms with Crippen molar-refractivity contribution in [3.05, 3.63) is 156 Å². The second-order valence-corrected chi connectivity index (χ2v) is 11.0. The maximum atomic E-state index is 14.0. The number of carboxylic acid groups (broad SMARTS) is 1. The van der Waals surface area contributed by atoms with Gasteiger partial charge in [-0.05, 0) is 58.1 Å². The third-order valence-corrected chi connectivity index (χ3v) is 7.64. The molecule has 0 fully saturated rings.